The molecule has 0 saturated carbocycles. The zero-order valence-electron chi connectivity index (χ0n) is 16.6. The van der Waals surface area contributed by atoms with Gasteiger partial charge in [0.2, 0.25) is 0 Å². The minimum absolute atomic E-state index is 0.0115. The largest absolute Gasteiger partial charge is 0.497 e. The van der Waals surface area contributed by atoms with Gasteiger partial charge in [0.25, 0.3) is 5.91 Å². The third-order valence-corrected chi connectivity index (χ3v) is 6.20. The van der Waals surface area contributed by atoms with E-state index in [-0.39, 0.29) is 11.9 Å². The molecule has 7 nitrogen and oxygen atoms in total. The van der Waals surface area contributed by atoms with Crippen LogP contribution in [0.4, 0.5) is 0 Å². The number of amides is 1. The number of carbonyl (C=O) groups is 1. The van der Waals surface area contributed by atoms with Crippen LogP contribution in [-0.2, 0) is 0 Å². The van der Waals surface area contributed by atoms with Crippen molar-refractivity contribution in [2.75, 3.05) is 20.8 Å². The van der Waals surface area contributed by atoms with Crippen molar-refractivity contribution in [3.05, 3.63) is 52.8 Å². The van der Waals surface area contributed by atoms with Crippen molar-refractivity contribution in [2.24, 2.45) is 0 Å². The molecular formula is C21H22N4O3S. The molecule has 1 aliphatic heterocycles. The van der Waals surface area contributed by atoms with Crippen LogP contribution in [0.5, 0.6) is 11.5 Å². The first-order chi connectivity index (χ1) is 14.1. The van der Waals surface area contributed by atoms with Crippen molar-refractivity contribution < 1.29 is 14.3 Å². The topological polar surface area (TPSA) is 77.4 Å². The molecule has 0 radical (unpaired) electrons. The molecule has 3 aromatic rings. The number of likely N-dealkylation sites (tertiary alicyclic amines) is 1. The Balaban J connectivity index is 1.65. The van der Waals surface area contributed by atoms with Gasteiger partial charge in [0, 0.05) is 30.6 Å². The fraction of sp³-hybridized carbons (Fsp3) is 0.333. The third-order valence-electron chi connectivity index (χ3n) is 5.06. The molecule has 150 valence electrons. The van der Waals surface area contributed by atoms with Crippen LogP contribution in [0.15, 0.2) is 36.7 Å². The number of nitrogens with zero attached hydrogens (tertiary/aromatic N) is 4. The monoisotopic (exact) mass is 410 g/mol. The van der Waals surface area contributed by atoms with Crippen LogP contribution in [0.2, 0.25) is 0 Å². The summed E-state index contributed by atoms with van der Waals surface area (Å²) in [7, 11) is 3.26. The molecule has 29 heavy (non-hydrogen) atoms. The zero-order valence-corrected chi connectivity index (χ0v) is 17.4. The van der Waals surface area contributed by atoms with Gasteiger partial charge in [-0.25, -0.2) is 15.0 Å². The number of aromatic nitrogens is 3. The first-order valence-electron chi connectivity index (χ1n) is 9.40. The predicted molar refractivity (Wildman–Crippen MR) is 110 cm³/mol. The fourth-order valence-corrected chi connectivity index (χ4v) is 4.63. The standard InChI is InChI=1S/C21H22N4O3S/c1-13-18(29-20(24-13)19-22-9-5-10-23-19)21(26)25-11-4-6-16(25)15-8-7-14(27-2)12-17(15)28-3/h5,7-10,12,16H,4,6,11H2,1-3H3. The number of hydrogen-bond acceptors (Lipinski definition) is 7. The summed E-state index contributed by atoms with van der Waals surface area (Å²) < 4.78 is 10.9. The molecule has 3 heterocycles. The van der Waals surface area contributed by atoms with Gasteiger partial charge in [-0.2, -0.15) is 0 Å². The highest BCUT2D eigenvalue weighted by Crippen LogP contribution is 2.40. The maximum absolute atomic E-state index is 13.4. The quantitative estimate of drug-likeness (QED) is 0.635. The highest BCUT2D eigenvalue weighted by molar-refractivity contribution is 7.17. The molecule has 0 aliphatic carbocycles. The molecule has 1 aromatic carbocycles. The molecule has 1 saturated heterocycles. The second kappa shape index (κ2) is 8.16. The van der Waals surface area contributed by atoms with Crippen LogP contribution < -0.4 is 9.47 Å². The second-order valence-corrected chi connectivity index (χ2v) is 7.77. The molecule has 1 unspecified atom stereocenters. The van der Waals surface area contributed by atoms with Crippen LogP contribution in [0.1, 0.15) is 39.8 Å². The number of thiazole rings is 1. The van der Waals surface area contributed by atoms with E-state index in [1.54, 1.807) is 32.7 Å². The lowest BCUT2D eigenvalue weighted by Gasteiger charge is -2.26. The Labute approximate surface area is 173 Å². The van der Waals surface area contributed by atoms with Gasteiger partial charge in [-0.1, -0.05) is 0 Å². The average Bonchev–Trinajstić information content (AvgIpc) is 3.40. The van der Waals surface area contributed by atoms with E-state index in [0.717, 1.165) is 29.9 Å². The Bertz CT molecular complexity index is 1020. The van der Waals surface area contributed by atoms with Crippen molar-refractivity contribution in [1.29, 1.82) is 0 Å². The SMILES string of the molecule is COc1ccc(C2CCCN2C(=O)c2sc(-c3ncccn3)nc2C)c(OC)c1. The van der Waals surface area contributed by atoms with Gasteiger partial charge in [0.1, 0.15) is 16.4 Å². The van der Waals surface area contributed by atoms with E-state index < -0.39 is 0 Å². The van der Waals surface area contributed by atoms with Crippen molar-refractivity contribution in [3.63, 3.8) is 0 Å². The smallest absolute Gasteiger partial charge is 0.266 e. The van der Waals surface area contributed by atoms with Gasteiger partial charge in [-0.05, 0) is 38.0 Å². The average molecular weight is 410 g/mol. The van der Waals surface area contributed by atoms with Crippen LogP contribution in [0, 0.1) is 6.92 Å². The van der Waals surface area contributed by atoms with Gasteiger partial charge < -0.3 is 14.4 Å². The number of hydrogen-bond donors (Lipinski definition) is 0. The van der Waals surface area contributed by atoms with E-state index in [0.29, 0.717) is 27.9 Å². The summed E-state index contributed by atoms with van der Waals surface area (Å²) in [6.07, 6.45) is 5.18. The summed E-state index contributed by atoms with van der Waals surface area (Å²) >= 11 is 1.34. The number of methoxy groups -OCH3 is 2. The summed E-state index contributed by atoms with van der Waals surface area (Å²) in [6, 6.07) is 7.46. The van der Waals surface area contributed by atoms with E-state index in [9.17, 15) is 4.79 Å². The Morgan fingerprint density at radius 3 is 2.72 bits per heavy atom. The summed E-state index contributed by atoms with van der Waals surface area (Å²) in [4.78, 5) is 29.0. The van der Waals surface area contributed by atoms with E-state index in [2.05, 4.69) is 15.0 Å². The Kier molecular flexibility index (Phi) is 5.44. The highest BCUT2D eigenvalue weighted by Gasteiger charge is 2.34. The lowest BCUT2D eigenvalue weighted by Crippen LogP contribution is -2.30. The Morgan fingerprint density at radius 1 is 1.21 bits per heavy atom. The van der Waals surface area contributed by atoms with Gasteiger partial charge in [-0.3, -0.25) is 4.79 Å². The second-order valence-electron chi connectivity index (χ2n) is 6.77. The van der Waals surface area contributed by atoms with Gasteiger partial charge >= 0.3 is 0 Å². The number of rotatable bonds is 5. The molecule has 1 amide bonds. The number of aryl methyl sites for hydroxylation is 1. The first kappa shape index (κ1) is 19.3. The summed E-state index contributed by atoms with van der Waals surface area (Å²) in [6.45, 7) is 2.56. The van der Waals surface area contributed by atoms with E-state index >= 15 is 0 Å². The third kappa shape index (κ3) is 3.67. The minimum atomic E-state index is -0.0405. The molecule has 1 fully saturated rings. The van der Waals surface area contributed by atoms with Crippen molar-refractivity contribution in [1.82, 2.24) is 19.9 Å². The normalized spacial score (nSPS) is 16.1. The Morgan fingerprint density at radius 2 is 2.00 bits per heavy atom. The van der Waals surface area contributed by atoms with Crippen LogP contribution in [0.25, 0.3) is 10.8 Å². The Hall–Kier alpha value is -3.00. The molecule has 0 spiro atoms. The van der Waals surface area contributed by atoms with Crippen LogP contribution in [0.3, 0.4) is 0 Å². The van der Waals surface area contributed by atoms with E-state index in [1.807, 2.05) is 30.0 Å². The fourth-order valence-electron chi connectivity index (χ4n) is 3.66. The van der Waals surface area contributed by atoms with E-state index in [1.165, 1.54) is 11.3 Å². The lowest BCUT2D eigenvalue weighted by atomic mass is 10.0. The van der Waals surface area contributed by atoms with Gasteiger partial charge in [0.05, 0.1) is 26.0 Å². The molecule has 2 aromatic heterocycles. The molecule has 1 atom stereocenters. The molecule has 0 bridgehead atoms. The summed E-state index contributed by atoms with van der Waals surface area (Å²) in [5.74, 6) is 1.98. The van der Waals surface area contributed by atoms with Gasteiger partial charge in [-0.15, -0.1) is 11.3 Å². The van der Waals surface area contributed by atoms with Crippen molar-refractivity contribution in [2.45, 2.75) is 25.8 Å². The molecule has 1 aliphatic rings. The first-order valence-corrected chi connectivity index (χ1v) is 10.2. The van der Waals surface area contributed by atoms with Crippen molar-refractivity contribution >= 4 is 17.2 Å². The van der Waals surface area contributed by atoms with Crippen LogP contribution >= 0.6 is 11.3 Å². The number of carbonyl (C=O) groups excluding carboxylic acids is 1. The van der Waals surface area contributed by atoms with Crippen molar-refractivity contribution in [3.8, 4) is 22.3 Å². The maximum atomic E-state index is 13.4. The highest BCUT2D eigenvalue weighted by atomic mass is 32.1. The van der Waals surface area contributed by atoms with Gasteiger partial charge in [0.15, 0.2) is 10.8 Å². The number of benzene rings is 1. The predicted octanol–water partition coefficient (Wildman–Crippen LogP) is 3.90. The molecule has 8 heteroatoms. The summed E-state index contributed by atoms with van der Waals surface area (Å²) in [5, 5.41) is 0.657. The zero-order chi connectivity index (χ0) is 20.4. The lowest BCUT2D eigenvalue weighted by molar-refractivity contribution is 0.0738. The van der Waals surface area contributed by atoms with E-state index in [4.69, 9.17) is 9.47 Å². The molecular weight excluding hydrogens is 388 g/mol. The summed E-state index contributed by atoms with van der Waals surface area (Å²) in [5.41, 5.74) is 1.70. The molecule has 0 N–H and O–H groups in total. The molecule has 4 rings (SSSR count). The minimum Gasteiger partial charge on any atom is -0.497 e. The van der Waals surface area contributed by atoms with Crippen LogP contribution in [-0.4, -0.2) is 46.5 Å². The number of ether oxygens (including phenoxy) is 2. The maximum Gasteiger partial charge on any atom is 0.266 e.